The Morgan fingerprint density at radius 1 is 1.40 bits per heavy atom. The van der Waals surface area contributed by atoms with Gasteiger partial charge in [0, 0.05) is 18.8 Å². The Morgan fingerprint density at radius 3 is 2.80 bits per heavy atom. The lowest BCUT2D eigenvalue weighted by Crippen LogP contribution is -2.37. The first-order valence-corrected chi connectivity index (χ1v) is 6.73. The molecular weight excluding hydrogens is 256 g/mol. The molecule has 108 valence electrons. The van der Waals surface area contributed by atoms with Gasteiger partial charge in [-0.3, -0.25) is 4.79 Å². The summed E-state index contributed by atoms with van der Waals surface area (Å²) >= 11 is 0. The number of pyridine rings is 1. The molecule has 0 aliphatic rings. The minimum Gasteiger partial charge on any atom is -0.350 e. The molecule has 0 saturated carbocycles. The van der Waals surface area contributed by atoms with Crippen LogP contribution in [0.3, 0.4) is 0 Å². The second-order valence-corrected chi connectivity index (χ2v) is 5.20. The number of nitrogens with one attached hydrogen (secondary N) is 2. The van der Waals surface area contributed by atoms with Gasteiger partial charge in [-0.2, -0.15) is 0 Å². The van der Waals surface area contributed by atoms with Crippen LogP contribution in [-0.2, 0) is 0 Å². The molecule has 0 spiro atoms. The lowest BCUT2D eigenvalue weighted by molar-refractivity contribution is 0.0950. The van der Waals surface area contributed by atoms with E-state index < -0.39 is 0 Å². The highest BCUT2D eigenvalue weighted by atomic mass is 16.5. The molecule has 2 rings (SSSR count). The van der Waals surface area contributed by atoms with Crippen LogP contribution in [0.5, 0.6) is 0 Å². The maximum Gasteiger partial charge on any atom is 0.257 e. The molecule has 1 amide bonds. The first-order valence-electron chi connectivity index (χ1n) is 6.73. The van der Waals surface area contributed by atoms with Gasteiger partial charge in [-0.15, -0.1) is 0 Å². The van der Waals surface area contributed by atoms with Crippen LogP contribution >= 0.6 is 0 Å². The highest BCUT2D eigenvalue weighted by Gasteiger charge is 2.15. The normalized spacial score (nSPS) is 12.8. The van der Waals surface area contributed by atoms with Crippen molar-refractivity contribution in [3.63, 3.8) is 0 Å². The second-order valence-electron chi connectivity index (χ2n) is 5.20. The number of likely N-dealkylation sites (N-methyl/N-ethyl adjacent to an activating group) is 1. The number of hydrogen-bond acceptors (Lipinski definition) is 5. The minimum absolute atomic E-state index is 0.141. The summed E-state index contributed by atoms with van der Waals surface area (Å²) in [4.78, 5) is 16.2. The van der Waals surface area contributed by atoms with E-state index in [0.717, 1.165) is 11.1 Å². The van der Waals surface area contributed by atoms with E-state index in [9.17, 15) is 4.79 Å². The average Bonchev–Trinajstić information content (AvgIpc) is 2.87. The molecular formula is C14H20N4O2. The van der Waals surface area contributed by atoms with Crippen LogP contribution in [0.15, 0.2) is 16.8 Å². The lowest BCUT2D eigenvalue weighted by Gasteiger charge is -2.11. The van der Waals surface area contributed by atoms with E-state index in [4.69, 9.17) is 4.52 Å². The molecule has 6 heteroatoms. The Labute approximate surface area is 117 Å². The molecule has 0 saturated heterocycles. The zero-order valence-electron chi connectivity index (χ0n) is 12.2. The monoisotopic (exact) mass is 276 g/mol. The van der Waals surface area contributed by atoms with Gasteiger partial charge in [0.25, 0.3) is 11.6 Å². The average molecular weight is 276 g/mol. The van der Waals surface area contributed by atoms with Crippen LogP contribution in [-0.4, -0.2) is 35.7 Å². The molecule has 0 fully saturated rings. The van der Waals surface area contributed by atoms with Crippen LogP contribution < -0.4 is 10.6 Å². The summed E-state index contributed by atoms with van der Waals surface area (Å²) in [6, 6.07) is 2.01. The number of fused-ring (bicyclic) bond motifs is 1. The fraction of sp³-hybridized carbons (Fsp3) is 0.500. The summed E-state index contributed by atoms with van der Waals surface area (Å²) in [5, 5.41) is 10.7. The largest absolute Gasteiger partial charge is 0.350 e. The van der Waals surface area contributed by atoms with Crippen LogP contribution in [0, 0.1) is 0 Å². The SMILES string of the molecule is CNC(C)CNC(=O)c1cnc2onc(C(C)C)c2c1. The Morgan fingerprint density at radius 2 is 2.15 bits per heavy atom. The number of carbonyl (C=O) groups excluding carboxylic acids is 1. The van der Waals surface area contributed by atoms with Gasteiger partial charge in [-0.25, -0.2) is 4.98 Å². The van der Waals surface area contributed by atoms with Crippen molar-refractivity contribution in [2.24, 2.45) is 0 Å². The Balaban J connectivity index is 2.22. The predicted octanol–water partition coefficient (Wildman–Crippen LogP) is 1.68. The maximum absolute atomic E-state index is 12.1. The molecule has 2 N–H and O–H groups in total. The number of nitrogens with zero attached hydrogens (tertiary/aromatic N) is 2. The molecule has 0 bridgehead atoms. The van der Waals surface area contributed by atoms with E-state index >= 15 is 0 Å². The fourth-order valence-electron chi connectivity index (χ4n) is 1.84. The summed E-state index contributed by atoms with van der Waals surface area (Å²) < 4.78 is 5.16. The van der Waals surface area contributed by atoms with Gasteiger partial charge in [0.2, 0.25) is 0 Å². The predicted molar refractivity (Wildman–Crippen MR) is 76.7 cm³/mol. The third-order valence-corrected chi connectivity index (χ3v) is 3.23. The molecule has 0 radical (unpaired) electrons. The molecule has 1 unspecified atom stereocenters. The standard InChI is InChI=1S/C14H20N4O2/c1-8(2)12-11-5-10(7-17-14(11)20-18-12)13(19)16-6-9(3)15-4/h5,7-9,15H,6H2,1-4H3,(H,16,19). The third kappa shape index (κ3) is 2.96. The van der Waals surface area contributed by atoms with Crippen molar-refractivity contribution in [2.75, 3.05) is 13.6 Å². The second kappa shape index (κ2) is 6.00. The highest BCUT2D eigenvalue weighted by Crippen LogP contribution is 2.23. The number of carbonyl (C=O) groups is 1. The van der Waals surface area contributed by atoms with Gasteiger partial charge in [0.05, 0.1) is 16.6 Å². The van der Waals surface area contributed by atoms with Gasteiger partial charge < -0.3 is 15.2 Å². The van der Waals surface area contributed by atoms with Crippen molar-refractivity contribution in [3.05, 3.63) is 23.5 Å². The Kier molecular flexibility index (Phi) is 4.34. The lowest BCUT2D eigenvalue weighted by atomic mass is 10.1. The van der Waals surface area contributed by atoms with Crippen LogP contribution in [0.2, 0.25) is 0 Å². The van der Waals surface area contributed by atoms with Crippen molar-refractivity contribution < 1.29 is 9.32 Å². The topological polar surface area (TPSA) is 80.0 Å². The zero-order chi connectivity index (χ0) is 14.7. The quantitative estimate of drug-likeness (QED) is 0.868. The van der Waals surface area contributed by atoms with Crippen molar-refractivity contribution in [1.82, 2.24) is 20.8 Å². The molecule has 0 aliphatic heterocycles. The molecule has 2 aromatic heterocycles. The fourth-order valence-corrected chi connectivity index (χ4v) is 1.84. The van der Waals surface area contributed by atoms with Gasteiger partial charge >= 0.3 is 0 Å². The van der Waals surface area contributed by atoms with Crippen molar-refractivity contribution >= 4 is 17.0 Å². The first-order chi connectivity index (χ1) is 9.52. The van der Waals surface area contributed by atoms with Gasteiger partial charge in [-0.1, -0.05) is 19.0 Å². The van der Waals surface area contributed by atoms with Crippen molar-refractivity contribution in [1.29, 1.82) is 0 Å². The Hall–Kier alpha value is -1.95. The highest BCUT2D eigenvalue weighted by molar-refractivity contribution is 5.97. The summed E-state index contributed by atoms with van der Waals surface area (Å²) in [5.74, 6) is 0.0816. The van der Waals surface area contributed by atoms with Crippen LogP contribution in [0.4, 0.5) is 0 Å². The minimum atomic E-state index is -0.141. The van der Waals surface area contributed by atoms with E-state index in [1.165, 1.54) is 6.20 Å². The molecule has 0 aromatic carbocycles. The molecule has 20 heavy (non-hydrogen) atoms. The smallest absolute Gasteiger partial charge is 0.257 e. The van der Waals surface area contributed by atoms with Gasteiger partial charge in [0.15, 0.2) is 0 Å². The summed E-state index contributed by atoms with van der Waals surface area (Å²) in [7, 11) is 1.86. The van der Waals surface area contributed by atoms with E-state index in [1.807, 2.05) is 27.8 Å². The summed E-state index contributed by atoms with van der Waals surface area (Å²) in [6.07, 6.45) is 1.51. The summed E-state index contributed by atoms with van der Waals surface area (Å²) in [6.45, 7) is 6.61. The van der Waals surface area contributed by atoms with Crippen molar-refractivity contribution in [2.45, 2.75) is 32.7 Å². The van der Waals surface area contributed by atoms with E-state index in [0.29, 0.717) is 17.8 Å². The van der Waals surface area contributed by atoms with Gasteiger partial charge in [0.1, 0.15) is 0 Å². The first kappa shape index (κ1) is 14.5. The molecule has 1 atom stereocenters. The molecule has 0 aliphatic carbocycles. The van der Waals surface area contributed by atoms with E-state index in [2.05, 4.69) is 20.8 Å². The maximum atomic E-state index is 12.1. The molecule has 2 aromatic rings. The zero-order valence-corrected chi connectivity index (χ0v) is 12.2. The van der Waals surface area contributed by atoms with Crippen molar-refractivity contribution in [3.8, 4) is 0 Å². The van der Waals surface area contributed by atoms with Crippen LogP contribution in [0.1, 0.15) is 42.7 Å². The summed E-state index contributed by atoms with van der Waals surface area (Å²) in [5.41, 5.74) is 1.81. The number of rotatable bonds is 5. The number of aromatic nitrogens is 2. The third-order valence-electron chi connectivity index (χ3n) is 3.23. The molecule has 6 nitrogen and oxygen atoms in total. The van der Waals surface area contributed by atoms with Gasteiger partial charge in [-0.05, 0) is 26.0 Å². The van der Waals surface area contributed by atoms with Crippen LogP contribution in [0.25, 0.3) is 11.1 Å². The number of hydrogen-bond donors (Lipinski definition) is 2. The Bertz CT molecular complexity index is 606. The van der Waals surface area contributed by atoms with E-state index in [-0.39, 0.29) is 17.9 Å². The number of amides is 1. The molecule has 2 heterocycles. The van der Waals surface area contributed by atoms with E-state index in [1.54, 1.807) is 6.07 Å².